The van der Waals surface area contributed by atoms with Gasteiger partial charge in [-0.2, -0.15) is 0 Å². The molecule has 3 heteroatoms. The van der Waals surface area contributed by atoms with Gasteiger partial charge in [0, 0.05) is 0 Å². The van der Waals surface area contributed by atoms with E-state index < -0.39 is 11.4 Å². The predicted octanol–water partition coefficient (Wildman–Crippen LogP) is 4.01. The van der Waals surface area contributed by atoms with Crippen LogP contribution in [0.2, 0.25) is 0 Å². The number of aliphatic hydroxyl groups is 1. The van der Waals surface area contributed by atoms with Crippen molar-refractivity contribution in [2.75, 3.05) is 6.61 Å². The van der Waals surface area contributed by atoms with Crippen molar-refractivity contribution in [3.63, 3.8) is 0 Å². The molecule has 3 saturated carbocycles. The van der Waals surface area contributed by atoms with Gasteiger partial charge in [-0.1, -0.05) is 19.4 Å². The summed E-state index contributed by atoms with van der Waals surface area (Å²) >= 11 is 0. The number of fused-ring (bicyclic) bond motifs is 3. The molecule has 4 aliphatic rings. The quantitative estimate of drug-likeness (QED) is 0.756. The van der Waals surface area contributed by atoms with Gasteiger partial charge in [0.15, 0.2) is 0 Å². The summed E-state index contributed by atoms with van der Waals surface area (Å²) in [5.74, 6) is 0.912. The van der Waals surface area contributed by atoms with Gasteiger partial charge >= 0.3 is 5.97 Å². The predicted molar refractivity (Wildman–Crippen MR) is 88.9 cm³/mol. The first kappa shape index (κ1) is 15.7. The van der Waals surface area contributed by atoms with E-state index in [1.165, 1.54) is 31.3 Å². The van der Waals surface area contributed by atoms with Gasteiger partial charge in [0.25, 0.3) is 0 Å². The van der Waals surface area contributed by atoms with Crippen molar-refractivity contribution in [2.24, 2.45) is 34.0 Å². The molecular formula is C20H30O3. The molecule has 0 saturated heterocycles. The lowest BCUT2D eigenvalue weighted by Crippen LogP contribution is -2.58. The summed E-state index contributed by atoms with van der Waals surface area (Å²) in [4.78, 5) is 12.0. The molecule has 0 radical (unpaired) electrons. The van der Waals surface area contributed by atoms with Crippen LogP contribution >= 0.6 is 0 Å². The van der Waals surface area contributed by atoms with E-state index in [1.54, 1.807) is 0 Å². The molecule has 0 amide bonds. The minimum atomic E-state index is -0.587. The van der Waals surface area contributed by atoms with E-state index in [-0.39, 0.29) is 17.4 Å². The number of carbonyl (C=O) groups is 1. The van der Waals surface area contributed by atoms with E-state index in [1.807, 2.05) is 6.92 Å². The highest BCUT2D eigenvalue weighted by molar-refractivity contribution is 5.75. The van der Waals surface area contributed by atoms with Crippen molar-refractivity contribution < 1.29 is 15.0 Å². The Bertz CT molecular complexity index is 567. The molecule has 2 bridgehead atoms. The molecule has 0 aromatic heterocycles. The molecule has 23 heavy (non-hydrogen) atoms. The van der Waals surface area contributed by atoms with Gasteiger partial charge in [-0.3, -0.25) is 4.79 Å². The topological polar surface area (TPSA) is 57.5 Å². The third kappa shape index (κ3) is 1.89. The summed E-state index contributed by atoms with van der Waals surface area (Å²) in [5.41, 5.74) is 1.12. The van der Waals surface area contributed by atoms with E-state index in [0.717, 1.165) is 25.7 Å². The van der Waals surface area contributed by atoms with Gasteiger partial charge in [-0.15, -0.1) is 0 Å². The molecule has 3 nitrogen and oxygen atoms in total. The van der Waals surface area contributed by atoms with Crippen molar-refractivity contribution in [2.45, 2.75) is 65.2 Å². The van der Waals surface area contributed by atoms with Crippen LogP contribution in [-0.2, 0) is 4.79 Å². The molecule has 128 valence electrons. The Kier molecular flexibility index (Phi) is 3.30. The third-order valence-corrected chi connectivity index (χ3v) is 8.46. The first-order valence-electron chi connectivity index (χ1n) is 9.42. The zero-order chi connectivity index (χ0) is 16.5. The molecule has 2 N–H and O–H groups in total. The van der Waals surface area contributed by atoms with Gasteiger partial charge in [0.05, 0.1) is 12.0 Å². The molecule has 0 aromatic rings. The standard InChI is InChI=1S/C20H30O3/c1-18-7-3-8-19(2,17(22)23)15(18)6-9-20-10-13(4-5-16(18)20)14(11-20)12-21/h11,13,15-16,21H,3-10,12H2,1-2H3,(H,22,23)/t13-,15-,16+,18-,19-,20-/m0/s1. The lowest BCUT2D eigenvalue weighted by atomic mass is 9.41. The van der Waals surface area contributed by atoms with Gasteiger partial charge in [0.2, 0.25) is 0 Å². The number of hydrogen-bond donors (Lipinski definition) is 2. The number of carboxylic acid groups (broad SMARTS) is 1. The summed E-state index contributed by atoms with van der Waals surface area (Å²) < 4.78 is 0. The van der Waals surface area contributed by atoms with E-state index in [2.05, 4.69) is 13.0 Å². The van der Waals surface area contributed by atoms with Crippen LogP contribution in [0.5, 0.6) is 0 Å². The zero-order valence-corrected chi connectivity index (χ0v) is 14.5. The van der Waals surface area contributed by atoms with Crippen molar-refractivity contribution in [3.05, 3.63) is 11.6 Å². The molecule has 0 aromatic carbocycles. The number of allylic oxidation sites excluding steroid dienone is 1. The fourth-order valence-electron chi connectivity index (χ4n) is 7.48. The summed E-state index contributed by atoms with van der Waals surface area (Å²) in [5, 5.41) is 19.6. The average Bonchev–Trinajstić information content (AvgIpc) is 2.77. The van der Waals surface area contributed by atoms with Crippen LogP contribution in [0.15, 0.2) is 11.6 Å². The maximum Gasteiger partial charge on any atom is 0.309 e. The van der Waals surface area contributed by atoms with Crippen molar-refractivity contribution in [3.8, 4) is 0 Å². The first-order chi connectivity index (χ1) is 10.9. The summed E-state index contributed by atoms with van der Waals surface area (Å²) in [6.45, 7) is 4.62. The van der Waals surface area contributed by atoms with E-state index in [4.69, 9.17) is 0 Å². The summed E-state index contributed by atoms with van der Waals surface area (Å²) in [6.07, 6.45) is 11.3. The Morgan fingerprint density at radius 2 is 1.96 bits per heavy atom. The molecule has 4 aliphatic carbocycles. The molecule has 3 fully saturated rings. The second-order valence-corrected chi connectivity index (χ2v) is 9.31. The molecule has 4 rings (SSSR count). The second-order valence-electron chi connectivity index (χ2n) is 9.31. The maximum atomic E-state index is 12.0. The van der Waals surface area contributed by atoms with Crippen LogP contribution in [0.25, 0.3) is 0 Å². The molecule has 0 unspecified atom stereocenters. The highest BCUT2D eigenvalue weighted by atomic mass is 16.4. The average molecular weight is 318 g/mol. The molecule has 6 atom stereocenters. The normalized spacial score (nSPS) is 51.6. The number of rotatable bonds is 2. The Balaban J connectivity index is 1.75. The fourth-order valence-corrected chi connectivity index (χ4v) is 7.48. The van der Waals surface area contributed by atoms with Crippen LogP contribution in [-0.4, -0.2) is 22.8 Å². The third-order valence-electron chi connectivity index (χ3n) is 8.46. The first-order valence-corrected chi connectivity index (χ1v) is 9.42. The fraction of sp³-hybridized carbons (Fsp3) is 0.850. The van der Waals surface area contributed by atoms with Gasteiger partial charge in [-0.25, -0.2) is 0 Å². The largest absolute Gasteiger partial charge is 0.481 e. The monoisotopic (exact) mass is 318 g/mol. The Morgan fingerprint density at radius 1 is 1.17 bits per heavy atom. The van der Waals surface area contributed by atoms with Gasteiger partial charge in [-0.05, 0) is 86.0 Å². The van der Waals surface area contributed by atoms with Crippen LogP contribution in [0.1, 0.15) is 65.2 Å². The van der Waals surface area contributed by atoms with Crippen LogP contribution < -0.4 is 0 Å². The van der Waals surface area contributed by atoms with Crippen LogP contribution in [0, 0.1) is 34.0 Å². The molecule has 0 heterocycles. The Morgan fingerprint density at radius 3 is 2.65 bits per heavy atom. The smallest absolute Gasteiger partial charge is 0.309 e. The van der Waals surface area contributed by atoms with Gasteiger partial charge < -0.3 is 10.2 Å². The summed E-state index contributed by atoms with van der Waals surface area (Å²) in [7, 11) is 0. The Hall–Kier alpha value is -0.830. The molecule has 1 spiro atoms. The lowest BCUT2D eigenvalue weighted by Gasteiger charge is -2.63. The van der Waals surface area contributed by atoms with E-state index >= 15 is 0 Å². The van der Waals surface area contributed by atoms with Crippen LogP contribution in [0.4, 0.5) is 0 Å². The number of carboxylic acids is 1. The van der Waals surface area contributed by atoms with E-state index in [9.17, 15) is 15.0 Å². The zero-order valence-electron chi connectivity index (χ0n) is 14.5. The summed E-state index contributed by atoms with van der Waals surface area (Å²) in [6, 6.07) is 0. The van der Waals surface area contributed by atoms with Crippen molar-refractivity contribution >= 4 is 5.97 Å². The van der Waals surface area contributed by atoms with Crippen molar-refractivity contribution in [1.82, 2.24) is 0 Å². The highest BCUT2D eigenvalue weighted by Gasteiger charge is 2.64. The molecular weight excluding hydrogens is 288 g/mol. The SMILES string of the molecule is C[C@]12CCC[C@](C)(C(=O)O)[C@H]1CC[C@]13C=C(CO)[C@@H](CC[C@@H]12)C3. The maximum absolute atomic E-state index is 12.0. The van der Waals surface area contributed by atoms with Crippen LogP contribution in [0.3, 0.4) is 0 Å². The minimum Gasteiger partial charge on any atom is -0.481 e. The minimum absolute atomic E-state index is 0.149. The van der Waals surface area contributed by atoms with Gasteiger partial charge in [0.1, 0.15) is 0 Å². The van der Waals surface area contributed by atoms with Crippen molar-refractivity contribution in [1.29, 1.82) is 0 Å². The number of hydrogen-bond acceptors (Lipinski definition) is 2. The van der Waals surface area contributed by atoms with E-state index in [0.29, 0.717) is 17.8 Å². The Labute approximate surface area is 139 Å². The molecule has 0 aliphatic heterocycles. The number of aliphatic carboxylic acids is 1. The number of aliphatic hydroxyl groups excluding tert-OH is 1. The highest BCUT2D eigenvalue weighted by Crippen LogP contribution is 2.70. The lowest BCUT2D eigenvalue weighted by molar-refractivity contribution is -0.177. The second kappa shape index (κ2) is 4.84.